The second kappa shape index (κ2) is 8.96. The van der Waals surface area contributed by atoms with Crippen molar-refractivity contribution < 1.29 is 22.6 Å². The largest absolute Gasteiger partial charge is 0.336 e. The van der Waals surface area contributed by atoms with Crippen LogP contribution in [-0.4, -0.2) is 81.2 Å². The lowest BCUT2D eigenvalue weighted by Crippen LogP contribution is -2.49. The minimum absolute atomic E-state index is 0.452. The summed E-state index contributed by atoms with van der Waals surface area (Å²) in [5, 5.41) is -0.502. The Morgan fingerprint density at radius 1 is 0.826 bits per heavy atom. The Bertz CT molecular complexity index is 374. The summed E-state index contributed by atoms with van der Waals surface area (Å²) in [7, 11) is 3.17. The zero-order valence-corrected chi connectivity index (χ0v) is 17.9. The molecule has 0 radical (unpaired) electrons. The van der Waals surface area contributed by atoms with Gasteiger partial charge in [0.1, 0.15) is 26.3 Å². The molecule has 6 heteroatoms. The van der Waals surface area contributed by atoms with Crippen LogP contribution in [0.3, 0.4) is 0 Å². The first-order chi connectivity index (χ1) is 10.3. The molecule has 0 aromatic carbocycles. The molecule has 0 bridgehead atoms. The van der Waals surface area contributed by atoms with Gasteiger partial charge in [-0.15, -0.1) is 0 Å². The average Bonchev–Trinajstić information content (AvgIpc) is 2.41. The zero-order chi connectivity index (χ0) is 18.4. The molecule has 5 nitrogen and oxygen atoms in total. The van der Waals surface area contributed by atoms with Crippen molar-refractivity contribution in [2.45, 2.75) is 46.7 Å². The van der Waals surface area contributed by atoms with Gasteiger partial charge in [0.25, 0.3) is 0 Å². The summed E-state index contributed by atoms with van der Waals surface area (Å²) >= 11 is 0. The molecule has 1 unspecified atom stereocenters. The first-order valence-electron chi connectivity index (χ1n) is 8.89. The van der Waals surface area contributed by atoms with Gasteiger partial charge in [0.15, 0.2) is 0 Å². The van der Waals surface area contributed by atoms with Crippen LogP contribution in [-0.2, 0) is 13.6 Å². The summed E-state index contributed by atoms with van der Waals surface area (Å²) in [6.45, 7) is 18.2. The van der Waals surface area contributed by atoms with Crippen LogP contribution in [0.5, 0.6) is 0 Å². The highest BCUT2D eigenvalue weighted by Gasteiger charge is 2.40. The van der Waals surface area contributed by atoms with Crippen LogP contribution in [0, 0.1) is 0 Å². The van der Waals surface area contributed by atoms with E-state index < -0.39 is 12.8 Å². The van der Waals surface area contributed by atoms with Crippen LogP contribution in [0.15, 0.2) is 0 Å². The zero-order valence-electron chi connectivity index (χ0n) is 17.0. The molecule has 0 spiro atoms. The highest BCUT2D eigenvalue weighted by Crippen LogP contribution is 2.59. The van der Waals surface area contributed by atoms with Crippen molar-refractivity contribution in [3.63, 3.8) is 0 Å². The van der Waals surface area contributed by atoms with Crippen LogP contribution in [0.1, 0.15) is 41.5 Å². The summed E-state index contributed by atoms with van der Waals surface area (Å²) in [4.78, 5) is 0. The molecule has 0 aliphatic heterocycles. The summed E-state index contributed by atoms with van der Waals surface area (Å²) in [5.41, 5.74) is 0. The molecule has 0 aliphatic rings. The Morgan fingerprint density at radius 2 is 1.22 bits per heavy atom. The quantitative estimate of drug-likeness (QED) is 0.421. The van der Waals surface area contributed by atoms with E-state index in [1.807, 2.05) is 20.8 Å². The van der Waals surface area contributed by atoms with E-state index in [1.54, 1.807) is 0 Å². The Hall–Kier alpha value is 0.0700. The molecular formula is C17H41N2O3P+2. The van der Waals surface area contributed by atoms with Crippen molar-refractivity contribution in [3.05, 3.63) is 0 Å². The van der Waals surface area contributed by atoms with Crippen molar-refractivity contribution in [3.8, 4) is 0 Å². The molecule has 0 N–H and O–H groups in total. The Morgan fingerprint density at radius 3 is 1.52 bits per heavy atom. The van der Waals surface area contributed by atoms with Gasteiger partial charge in [-0.05, 0) is 41.5 Å². The van der Waals surface area contributed by atoms with Gasteiger partial charge < -0.3 is 18.0 Å². The summed E-state index contributed by atoms with van der Waals surface area (Å²) in [6.07, 6.45) is 0. The maximum Gasteiger partial charge on any atom is 0.336 e. The minimum atomic E-state index is -3.13. The molecule has 0 rings (SSSR count). The van der Waals surface area contributed by atoms with E-state index in [0.29, 0.717) is 13.2 Å². The minimum Gasteiger partial charge on any atom is -0.329 e. The van der Waals surface area contributed by atoms with Crippen LogP contribution in [0.2, 0.25) is 0 Å². The third kappa shape index (κ3) is 7.66. The molecular weight excluding hydrogens is 311 g/mol. The van der Waals surface area contributed by atoms with Crippen LogP contribution in [0.4, 0.5) is 0 Å². The third-order valence-electron chi connectivity index (χ3n) is 4.68. The van der Waals surface area contributed by atoms with Gasteiger partial charge in [-0.25, -0.2) is 0 Å². The first kappa shape index (κ1) is 23.1. The van der Waals surface area contributed by atoms with Crippen LogP contribution in [0.25, 0.3) is 0 Å². The maximum absolute atomic E-state index is 13.2. The van der Waals surface area contributed by atoms with Crippen molar-refractivity contribution in [2.24, 2.45) is 0 Å². The molecule has 0 heterocycles. The Labute approximate surface area is 144 Å². The van der Waals surface area contributed by atoms with Gasteiger partial charge >= 0.3 is 7.60 Å². The van der Waals surface area contributed by atoms with E-state index in [1.165, 1.54) is 0 Å². The second-order valence-electron chi connectivity index (χ2n) is 8.36. The van der Waals surface area contributed by atoms with Gasteiger partial charge in [0.05, 0.1) is 45.9 Å². The number of hydrogen-bond donors (Lipinski definition) is 0. The van der Waals surface area contributed by atoms with Gasteiger partial charge in [-0.2, -0.15) is 0 Å². The molecule has 0 amide bonds. The smallest absolute Gasteiger partial charge is 0.329 e. The number of quaternary nitrogens is 2. The van der Waals surface area contributed by atoms with Crippen molar-refractivity contribution in [2.75, 3.05) is 67.1 Å². The lowest BCUT2D eigenvalue weighted by Gasteiger charge is -2.37. The number of hydrogen-bond acceptors (Lipinski definition) is 3. The molecule has 0 fully saturated rings. The van der Waals surface area contributed by atoms with E-state index in [2.05, 4.69) is 41.9 Å². The summed E-state index contributed by atoms with van der Waals surface area (Å²) in [6, 6.07) is 0. The Kier molecular flexibility index (Phi) is 8.99. The van der Waals surface area contributed by atoms with Crippen molar-refractivity contribution in [1.29, 1.82) is 0 Å². The van der Waals surface area contributed by atoms with E-state index in [-0.39, 0.29) is 0 Å². The SMILES string of the molecule is CC[N+](CC)(CC)CCOP(=O)(OCC[N+](C)(C)C)C(C)(C)C. The van der Waals surface area contributed by atoms with Crippen molar-refractivity contribution in [1.82, 2.24) is 0 Å². The Balaban J connectivity index is 4.78. The van der Waals surface area contributed by atoms with Crippen LogP contribution < -0.4 is 0 Å². The van der Waals surface area contributed by atoms with Crippen molar-refractivity contribution >= 4 is 7.60 Å². The standard InChI is InChI=1S/C17H41N2O3P/c1-10-19(11-2,12-3)14-16-22-23(20,17(4,5)6)21-15-13-18(7,8)9/h10-16H2,1-9H3/q+2. The molecule has 23 heavy (non-hydrogen) atoms. The maximum atomic E-state index is 13.2. The number of nitrogens with zero attached hydrogens (tertiary/aromatic N) is 2. The molecule has 0 saturated carbocycles. The topological polar surface area (TPSA) is 35.5 Å². The highest BCUT2D eigenvalue weighted by atomic mass is 31.2. The lowest BCUT2D eigenvalue weighted by atomic mass is 10.3. The van der Waals surface area contributed by atoms with E-state index in [0.717, 1.165) is 41.7 Å². The summed E-state index contributed by atoms with van der Waals surface area (Å²) < 4.78 is 26.7. The third-order valence-corrected chi connectivity index (χ3v) is 7.37. The van der Waals surface area contributed by atoms with Gasteiger partial charge in [-0.1, -0.05) is 0 Å². The fourth-order valence-electron chi connectivity index (χ4n) is 2.36. The predicted octanol–water partition coefficient (Wildman–Crippen LogP) is 3.59. The molecule has 1 atom stereocenters. The molecule has 0 aromatic rings. The summed E-state index contributed by atoms with van der Waals surface area (Å²) in [5.74, 6) is 0. The first-order valence-corrected chi connectivity index (χ1v) is 10.4. The number of rotatable bonds is 11. The normalized spacial score (nSPS) is 16.4. The molecule has 140 valence electrons. The van der Waals surface area contributed by atoms with Gasteiger partial charge in [0, 0.05) is 0 Å². The van der Waals surface area contributed by atoms with Gasteiger partial charge in [-0.3, -0.25) is 4.57 Å². The molecule has 0 saturated heterocycles. The van der Waals surface area contributed by atoms with Crippen LogP contribution >= 0.6 is 7.60 Å². The van der Waals surface area contributed by atoms with E-state index in [4.69, 9.17) is 9.05 Å². The van der Waals surface area contributed by atoms with E-state index >= 15 is 0 Å². The fourth-order valence-corrected chi connectivity index (χ4v) is 3.85. The van der Waals surface area contributed by atoms with E-state index in [9.17, 15) is 4.57 Å². The fraction of sp³-hybridized carbons (Fsp3) is 1.00. The second-order valence-corrected chi connectivity index (χ2v) is 11.2. The molecule has 0 aromatic heterocycles. The molecule has 0 aliphatic carbocycles. The lowest BCUT2D eigenvalue weighted by molar-refractivity contribution is -0.923. The average molecular weight is 353 g/mol. The van der Waals surface area contributed by atoms with Gasteiger partial charge in [0.2, 0.25) is 0 Å². The highest BCUT2D eigenvalue weighted by molar-refractivity contribution is 7.55. The monoisotopic (exact) mass is 352 g/mol. The predicted molar refractivity (Wildman–Crippen MR) is 98.9 cm³/mol. The number of likely N-dealkylation sites (N-methyl/N-ethyl adjacent to an activating group) is 2.